The second-order valence-electron chi connectivity index (χ2n) is 4.31. The van der Waals surface area contributed by atoms with Crippen LogP contribution < -0.4 is 16.0 Å². The molecule has 1 aromatic carbocycles. The van der Waals surface area contributed by atoms with Crippen molar-refractivity contribution in [1.82, 2.24) is 10.6 Å². The highest BCUT2D eigenvalue weighted by atomic mass is 16.2. The van der Waals surface area contributed by atoms with E-state index in [0.29, 0.717) is 12.0 Å². The van der Waals surface area contributed by atoms with E-state index in [1.54, 1.807) is 25.2 Å². The highest BCUT2D eigenvalue weighted by Gasteiger charge is 2.27. The summed E-state index contributed by atoms with van der Waals surface area (Å²) in [5.74, 6) is -1.08. The van der Waals surface area contributed by atoms with Gasteiger partial charge in [-0.3, -0.25) is 19.7 Å². The van der Waals surface area contributed by atoms with Crippen LogP contribution in [-0.4, -0.2) is 30.8 Å². The molecule has 2 rings (SSSR count). The molecular weight excluding hydrogens is 246 g/mol. The van der Waals surface area contributed by atoms with Crippen LogP contribution in [0.4, 0.5) is 5.69 Å². The van der Waals surface area contributed by atoms with Crippen LogP contribution in [0.25, 0.3) is 0 Å². The molecule has 0 radical (unpaired) electrons. The van der Waals surface area contributed by atoms with Crippen molar-refractivity contribution in [2.75, 3.05) is 12.4 Å². The van der Waals surface area contributed by atoms with E-state index in [9.17, 15) is 14.4 Å². The minimum Gasteiger partial charge on any atom is -0.388 e. The molecule has 1 aromatic rings. The van der Waals surface area contributed by atoms with Gasteiger partial charge in [0.15, 0.2) is 0 Å². The fourth-order valence-electron chi connectivity index (χ4n) is 1.89. The average molecular weight is 261 g/mol. The summed E-state index contributed by atoms with van der Waals surface area (Å²) in [6.07, 6.45) is 0.579. The average Bonchev–Trinajstić information content (AvgIpc) is 2.42. The molecule has 1 atom stereocenters. The van der Waals surface area contributed by atoms with E-state index < -0.39 is 11.9 Å². The number of carbonyl (C=O) groups excluding carboxylic acids is 3. The largest absolute Gasteiger partial charge is 0.388 e. The van der Waals surface area contributed by atoms with E-state index in [1.807, 2.05) is 6.07 Å². The molecule has 0 aromatic heterocycles. The summed E-state index contributed by atoms with van der Waals surface area (Å²) in [7, 11) is 1.76. The van der Waals surface area contributed by atoms with Gasteiger partial charge in [0.1, 0.15) is 6.04 Å². The lowest BCUT2D eigenvalue weighted by Gasteiger charge is -2.21. The van der Waals surface area contributed by atoms with Crippen molar-refractivity contribution in [2.24, 2.45) is 0 Å². The Labute approximate surface area is 110 Å². The number of nitrogens with one attached hydrogen (secondary N) is 3. The number of benzene rings is 1. The molecule has 0 bridgehead atoms. The number of amides is 3. The van der Waals surface area contributed by atoms with Crippen molar-refractivity contribution in [2.45, 2.75) is 18.9 Å². The zero-order valence-corrected chi connectivity index (χ0v) is 10.5. The van der Waals surface area contributed by atoms with E-state index in [-0.39, 0.29) is 18.2 Å². The van der Waals surface area contributed by atoms with Gasteiger partial charge in [-0.1, -0.05) is 6.07 Å². The van der Waals surface area contributed by atoms with Gasteiger partial charge in [0.25, 0.3) is 5.91 Å². The number of hydrogen-bond donors (Lipinski definition) is 3. The van der Waals surface area contributed by atoms with Crippen LogP contribution in [0.2, 0.25) is 0 Å². The number of piperidine rings is 1. The Bertz CT molecular complexity index is 528. The molecule has 19 heavy (non-hydrogen) atoms. The van der Waals surface area contributed by atoms with Crippen LogP contribution in [0.5, 0.6) is 0 Å². The zero-order valence-electron chi connectivity index (χ0n) is 10.5. The first kappa shape index (κ1) is 13.1. The van der Waals surface area contributed by atoms with Crippen LogP contribution >= 0.6 is 0 Å². The highest BCUT2D eigenvalue weighted by Crippen LogP contribution is 2.11. The molecule has 3 amide bonds. The summed E-state index contributed by atoms with van der Waals surface area (Å²) < 4.78 is 0. The van der Waals surface area contributed by atoms with Crippen LogP contribution in [0, 0.1) is 0 Å². The van der Waals surface area contributed by atoms with Crippen molar-refractivity contribution in [3.8, 4) is 0 Å². The zero-order chi connectivity index (χ0) is 13.8. The molecule has 1 saturated heterocycles. The minimum atomic E-state index is -0.650. The first-order chi connectivity index (χ1) is 9.10. The number of anilines is 1. The molecule has 0 saturated carbocycles. The summed E-state index contributed by atoms with van der Waals surface area (Å²) >= 11 is 0. The summed E-state index contributed by atoms with van der Waals surface area (Å²) in [6, 6.07) is 6.31. The van der Waals surface area contributed by atoms with Gasteiger partial charge in [-0.15, -0.1) is 0 Å². The van der Waals surface area contributed by atoms with Gasteiger partial charge < -0.3 is 10.6 Å². The summed E-state index contributed by atoms with van der Waals surface area (Å²) in [5, 5.41) is 7.77. The Kier molecular flexibility index (Phi) is 3.79. The molecular formula is C13H15N3O3. The maximum absolute atomic E-state index is 12.0. The molecule has 100 valence electrons. The maximum Gasteiger partial charge on any atom is 0.252 e. The molecule has 1 aliphatic heterocycles. The third-order valence-electron chi connectivity index (χ3n) is 2.96. The Morgan fingerprint density at radius 1 is 1.37 bits per heavy atom. The highest BCUT2D eigenvalue weighted by molar-refractivity contribution is 6.03. The molecule has 3 N–H and O–H groups in total. The van der Waals surface area contributed by atoms with Crippen LogP contribution in [-0.2, 0) is 9.59 Å². The predicted molar refractivity (Wildman–Crippen MR) is 69.6 cm³/mol. The Balaban J connectivity index is 2.04. The smallest absolute Gasteiger partial charge is 0.252 e. The monoisotopic (exact) mass is 261 g/mol. The molecule has 1 aliphatic rings. The molecule has 0 spiro atoms. The van der Waals surface area contributed by atoms with Crippen molar-refractivity contribution in [1.29, 1.82) is 0 Å². The van der Waals surface area contributed by atoms with E-state index in [4.69, 9.17) is 0 Å². The lowest BCUT2D eigenvalue weighted by Crippen LogP contribution is -2.52. The lowest BCUT2D eigenvalue weighted by atomic mass is 10.1. The molecule has 1 unspecified atom stereocenters. The summed E-state index contributed by atoms with van der Waals surface area (Å²) in [6.45, 7) is 0. The van der Waals surface area contributed by atoms with Crippen molar-refractivity contribution >= 4 is 23.4 Å². The first-order valence-electron chi connectivity index (χ1n) is 6.02. The number of hydrogen-bond acceptors (Lipinski definition) is 4. The van der Waals surface area contributed by atoms with Gasteiger partial charge in [0.05, 0.1) is 0 Å². The topological polar surface area (TPSA) is 87.3 Å². The third-order valence-corrected chi connectivity index (χ3v) is 2.96. The normalized spacial score (nSPS) is 18.7. The van der Waals surface area contributed by atoms with Gasteiger partial charge in [-0.25, -0.2) is 0 Å². The van der Waals surface area contributed by atoms with E-state index in [1.165, 1.54) is 0 Å². The van der Waals surface area contributed by atoms with Gasteiger partial charge in [-0.2, -0.15) is 0 Å². The molecule has 0 aliphatic carbocycles. The van der Waals surface area contributed by atoms with Gasteiger partial charge >= 0.3 is 0 Å². The fourth-order valence-corrected chi connectivity index (χ4v) is 1.89. The van der Waals surface area contributed by atoms with Crippen LogP contribution in [0.15, 0.2) is 24.3 Å². The fraction of sp³-hybridized carbons (Fsp3) is 0.308. The van der Waals surface area contributed by atoms with Crippen LogP contribution in [0.3, 0.4) is 0 Å². The second-order valence-corrected chi connectivity index (χ2v) is 4.31. The lowest BCUT2D eigenvalue weighted by molar-refractivity contribution is -0.134. The molecule has 6 heteroatoms. The van der Waals surface area contributed by atoms with Crippen molar-refractivity contribution in [3.63, 3.8) is 0 Å². The number of rotatable bonds is 3. The molecule has 6 nitrogen and oxygen atoms in total. The Morgan fingerprint density at radius 3 is 2.84 bits per heavy atom. The van der Waals surface area contributed by atoms with Crippen molar-refractivity contribution in [3.05, 3.63) is 29.8 Å². The standard InChI is InChI=1S/C13H15N3O3/c1-14-9-4-2-3-8(7-9)12(18)15-10-5-6-11(17)16-13(10)19/h2-4,7,10,14H,5-6H2,1H3,(H,15,18)(H,16,17,19). The third kappa shape index (κ3) is 3.09. The molecule has 1 fully saturated rings. The summed E-state index contributed by atoms with van der Waals surface area (Å²) in [5.41, 5.74) is 1.28. The second kappa shape index (κ2) is 5.51. The number of carbonyl (C=O) groups is 3. The number of imide groups is 1. The van der Waals surface area contributed by atoms with Gasteiger partial charge in [-0.05, 0) is 24.6 Å². The maximum atomic E-state index is 12.0. The molecule has 1 heterocycles. The van der Waals surface area contributed by atoms with E-state index in [0.717, 1.165) is 5.69 Å². The predicted octanol–water partition coefficient (Wildman–Crippen LogP) is 0.263. The van der Waals surface area contributed by atoms with Gasteiger partial charge in [0, 0.05) is 24.7 Å². The van der Waals surface area contributed by atoms with E-state index >= 15 is 0 Å². The Hall–Kier alpha value is -2.37. The van der Waals surface area contributed by atoms with Crippen molar-refractivity contribution < 1.29 is 14.4 Å². The van der Waals surface area contributed by atoms with E-state index in [2.05, 4.69) is 16.0 Å². The minimum absolute atomic E-state index is 0.243. The van der Waals surface area contributed by atoms with Gasteiger partial charge in [0.2, 0.25) is 11.8 Å². The van der Waals surface area contributed by atoms with Crippen LogP contribution in [0.1, 0.15) is 23.2 Å². The Morgan fingerprint density at radius 2 is 2.16 bits per heavy atom. The quantitative estimate of drug-likeness (QED) is 0.681. The summed E-state index contributed by atoms with van der Waals surface area (Å²) in [4.78, 5) is 34.5. The first-order valence-corrected chi connectivity index (χ1v) is 6.02. The SMILES string of the molecule is CNc1cccc(C(=O)NC2CCC(=O)NC2=O)c1.